The lowest BCUT2D eigenvalue weighted by atomic mass is 10.1. The maximum Gasteiger partial charge on any atom is 0.0916 e. The lowest BCUT2D eigenvalue weighted by Gasteiger charge is -2.35. The average Bonchev–Trinajstić information content (AvgIpc) is 2.49. The van der Waals surface area contributed by atoms with Gasteiger partial charge in [-0.15, -0.1) is 0 Å². The van der Waals surface area contributed by atoms with Gasteiger partial charge >= 0.3 is 0 Å². The molecular formula is C17H28N2O. The Morgan fingerprint density at radius 1 is 1.00 bits per heavy atom. The average molecular weight is 276 g/mol. The lowest BCUT2D eigenvalue weighted by molar-refractivity contribution is 0.0726. The third-order valence-corrected chi connectivity index (χ3v) is 4.21. The molecule has 3 nitrogen and oxygen atoms in total. The molecule has 1 atom stereocenters. The highest BCUT2D eigenvalue weighted by atomic mass is 16.3. The summed E-state index contributed by atoms with van der Waals surface area (Å²) < 4.78 is 0. The second-order valence-electron chi connectivity index (χ2n) is 5.75. The summed E-state index contributed by atoms with van der Waals surface area (Å²) in [5.41, 5.74) is 2.37. The standard InChI is InChI=1S/C17H28N2O/c1-3-9-18-10-12-19(13-11-18)14-17(20)16-7-5-15(4-2)6-8-16/h5-8,17,20H,3-4,9-14H2,1-2H3. The summed E-state index contributed by atoms with van der Waals surface area (Å²) in [4.78, 5) is 4.89. The normalized spacial score (nSPS) is 19.1. The van der Waals surface area contributed by atoms with E-state index in [0.717, 1.165) is 44.7 Å². The predicted molar refractivity (Wildman–Crippen MR) is 84.0 cm³/mol. The van der Waals surface area contributed by atoms with Crippen LogP contribution >= 0.6 is 0 Å². The molecule has 2 rings (SSSR count). The van der Waals surface area contributed by atoms with E-state index in [1.807, 2.05) is 0 Å². The SMILES string of the molecule is CCCN1CCN(CC(O)c2ccc(CC)cc2)CC1. The number of aryl methyl sites for hydroxylation is 1. The summed E-state index contributed by atoms with van der Waals surface area (Å²) in [6, 6.07) is 8.38. The van der Waals surface area contributed by atoms with Crippen molar-refractivity contribution >= 4 is 0 Å². The van der Waals surface area contributed by atoms with Crippen molar-refractivity contribution in [1.29, 1.82) is 0 Å². The van der Waals surface area contributed by atoms with Gasteiger partial charge in [-0.1, -0.05) is 38.1 Å². The Labute approximate surface area is 123 Å². The third kappa shape index (κ3) is 4.30. The maximum absolute atomic E-state index is 10.4. The number of β-amino-alcohol motifs (C(OH)–C–C–N with tert-alkyl or cyclic N) is 1. The van der Waals surface area contributed by atoms with Gasteiger partial charge in [0.05, 0.1) is 6.10 Å². The fraction of sp³-hybridized carbons (Fsp3) is 0.647. The Bertz CT molecular complexity index is 382. The molecule has 0 aliphatic carbocycles. The van der Waals surface area contributed by atoms with Crippen LogP contribution in [0, 0.1) is 0 Å². The minimum atomic E-state index is -0.362. The molecule has 1 aliphatic heterocycles. The van der Waals surface area contributed by atoms with Crippen LogP contribution in [0.5, 0.6) is 0 Å². The number of rotatable bonds is 6. The van der Waals surface area contributed by atoms with Gasteiger partial charge < -0.3 is 10.0 Å². The van der Waals surface area contributed by atoms with E-state index in [1.54, 1.807) is 0 Å². The molecule has 1 saturated heterocycles. The summed E-state index contributed by atoms with van der Waals surface area (Å²) in [6.45, 7) is 10.8. The molecular weight excluding hydrogens is 248 g/mol. The largest absolute Gasteiger partial charge is 0.387 e. The van der Waals surface area contributed by atoms with E-state index in [9.17, 15) is 5.11 Å². The van der Waals surface area contributed by atoms with Crippen LogP contribution in [0.25, 0.3) is 0 Å². The van der Waals surface area contributed by atoms with Crippen LogP contribution in [0.3, 0.4) is 0 Å². The van der Waals surface area contributed by atoms with Crippen LogP contribution in [0.2, 0.25) is 0 Å². The van der Waals surface area contributed by atoms with Crippen LogP contribution < -0.4 is 0 Å². The highest BCUT2D eigenvalue weighted by Gasteiger charge is 2.19. The van der Waals surface area contributed by atoms with Crippen molar-refractivity contribution in [3.8, 4) is 0 Å². The summed E-state index contributed by atoms with van der Waals surface area (Å²) in [7, 11) is 0. The maximum atomic E-state index is 10.4. The minimum absolute atomic E-state index is 0.362. The Balaban J connectivity index is 1.81. The number of aliphatic hydroxyl groups is 1. The van der Waals surface area contributed by atoms with E-state index in [-0.39, 0.29) is 6.10 Å². The van der Waals surface area contributed by atoms with Crippen molar-refractivity contribution in [1.82, 2.24) is 9.80 Å². The number of hydrogen-bond donors (Lipinski definition) is 1. The predicted octanol–water partition coefficient (Wildman–Crippen LogP) is 2.31. The van der Waals surface area contributed by atoms with Crippen LogP contribution in [0.15, 0.2) is 24.3 Å². The minimum Gasteiger partial charge on any atom is -0.387 e. The Morgan fingerprint density at radius 3 is 2.15 bits per heavy atom. The molecule has 112 valence electrons. The third-order valence-electron chi connectivity index (χ3n) is 4.21. The van der Waals surface area contributed by atoms with Crippen molar-refractivity contribution in [3.05, 3.63) is 35.4 Å². The van der Waals surface area contributed by atoms with Crippen molar-refractivity contribution in [2.24, 2.45) is 0 Å². The zero-order valence-corrected chi connectivity index (χ0v) is 12.9. The first-order chi connectivity index (χ1) is 9.72. The van der Waals surface area contributed by atoms with E-state index >= 15 is 0 Å². The van der Waals surface area contributed by atoms with Gasteiger partial charge in [0.15, 0.2) is 0 Å². The summed E-state index contributed by atoms with van der Waals surface area (Å²) in [6.07, 6.45) is 1.92. The molecule has 1 unspecified atom stereocenters. The molecule has 0 spiro atoms. The van der Waals surface area contributed by atoms with Gasteiger partial charge in [0.1, 0.15) is 0 Å². The van der Waals surface area contributed by atoms with E-state index < -0.39 is 0 Å². The molecule has 0 radical (unpaired) electrons. The number of benzene rings is 1. The van der Waals surface area contributed by atoms with E-state index in [0.29, 0.717) is 0 Å². The molecule has 20 heavy (non-hydrogen) atoms. The first kappa shape index (κ1) is 15.5. The molecule has 0 aromatic heterocycles. The van der Waals surface area contributed by atoms with Gasteiger partial charge in [-0.05, 0) is 30.5 Å². The molecule has 0 bridgehead atoms. The number of nitrogens with zero attached hydrogens (tertiary/aromatic N) is 2. The van der Waals surface area contributed by atoms with Gasteiger partial charge in [0.2, 0.25) is 0 Å². The molecule has 1 aromatic rings. The molecule has 1 fully saturated rings. The highest BCUT2D eigenvalue weighted by Crippen LogP contribution is 2.16. The number of aliphatic hydroxyl groups excluding tert-OH is 1. The molecule has 1 aliphatic rings. The summed E-state index contributed by atoms with van der Waals surface area (Å²) in [5, 5.41) is 10.4. The molecule has 3 heteroatoms. The first-order valence-corrected chi connectivity index (χ1v) is 7.94. The van der Waals surface area contributed by atoms with Gasteiger partial charge in [-0.25, -0.2) is 0 Å². The summed E-state index contributed by atoms with van der Waals surface area (Å²) >= 11 is 0. The highest BCUT2D eigenvalue weighted by molar-refractivity contribution is 5.24. The molecule has 1 aromatic carbocycles. The second kappa shape index (κ2) is 7.77. The first-order valence-electron chi connectivity index (χ1n) is 7.94. The fourth-order valence-corrected chi connectivity index (χ4v) is 2.84. The van der Waals surface area contributed by atoms with Gasteiger partial charge in [0, 0.05) is 32.7 Å². The van der Waals surface area contributed by atoms with Crippen molar-refractivity contribution in [2.45, 2.75) is 32.8 Å². The molecule has 0 amide bonds. The van der Waals surface area contributed by atoms with Gasteiger partial charge in [0.25, 0.3) is 0 Å². The van der Waals surface area contributed by atoms with Crippen molar-refractivity contribution in [2.75, 3.05) is 39.3 Å². The quantitative estimate of drug-likeness (QED) is 0.864. The van der Waals surface area contributed by atoms with Crippen molar-refractivity contribution in [3.63, 3.8) is 0 Å². The number of hydrogen-bond acceptors (Lipinski definition) is 3. The van der Waals surface area contributed by atoms with Crippen molar-refractivity contribution < 1.29 is 5.11 Å². The zero-order valence-electron chi connectivity index (χ0n) is 12.9. The zero-order chi connectivity index (χ0) is 14.4. The van der Waals surface area contributed by atoms with E-state index in [1.165, 1.54) is 18.5 Å². The molecule has 0 saturated carbocycles. The van der Waals surface area contributed by atoms with Crippen LogP contribution in [-0.2, 0) is 6.42 Å². The van der Waals surface area contributed by atoms with Gasteiger partial charge in [-0.3, -0.25) is 4.90 Å². The topological polar surface area (TPSA) is 26.7 Å². The van der Waals surface area contributed by atoms with Crippen LogP contribution in [-0.4, -0.2) is 54.2 Å². The van der Waals surface area contributed by atoms with Crippen LogP contribution in [0.1, 0.15) is 37.5 Å². The number of piperazine rings is 1. The molecule has 1 heterocycles. The Kier molecular flexibility index (Phi) is 6.02. The molecule has 1 N–H and O–H groups in total. The Morgan fingerprint density at radius 2 is 1.60 bits per heavy atom. The lowest BCUT2D eigenvalue weighted by Crippen LogP contribution is -2.47. The second-order valence-corrected chi connectivity index (χ2v) is 5.75. The smallest absolute Gasteiger partial charge is 0.0916 e. The summed E-state index contributed by atoms with van der Waals surface area (Å²) in [5.74, 6) is 0. The van der Waals surface area contributed by atoms with Gasteiger partial charge in [-0.2, -0.15) is 0 Å². The van der Waals surface area contributed by atoms with E-state index in [4.69, 9.17) is 0 Å². The van der Waals surface area contributed by atoms with E-state index in [2.05, 4.69) is 47.9 Å². The van der Waals surface area contributed by atoms with Crippen LogP contribution in [0.4, 0.5) is 0 Å². The fourth-order valence-electron chi connectivity index (χ4n) is 2.84. The monoisotopic (exact) mass is 276 g/mol. The Hall–Kier alpha value is -0.900.